The Kier molecular flexibility index (Phi) is 6.01. The SMILES string of the molecule is O=C(CC[C@@H]1CCOC1)N[C@H](CO)c1ccc(Br)cc1. The zero-order valence-corrected chi connectivity index (χ0v) is 12.9. The predicted molar refractivity (Wildman–Crippen MR) is 80.3 cm³/mol. The van der Waals surface area contributed by atoms with Crippen molar-refractivity contribution in [2.24, 2.45) is 5.92 Å². The van der Waals surface area contributed by atoms with E-state index in [1.807, 2.05) is 24.3 Å². The standard InChI is InChI=1S/C15H20BrNO3/c16-13-4-2-12(3-5-13)14(9-18)17-15(19)6-1-11-7-8-20-10-11/h2-5,11,14,18H,1,6-10H2,(H,17,19)/t11-,14-/m1/s1. The molecule has 5 heteroatoms. The van der Waals surface area contributed by atoms with Gasteiger partial charge in [0.15, 0.2) is 0 Å². The van der Waals surface area contributed by atoms with Crippen molar-refractivity contribution >= 4 is 21.8 Å². The molecule has 1 saturated heterocycles. The molecule has 1 fully saturated rings. The van der Waals surface area contributed by atoms with Crippen molar-refractivity contribution in [3.8, 4) is 0 Å². The number of rotatable bonds is 6. The molecule has 2 N–H and O–H groups in total. The fourth-order valence-electron chi connectivity index (χ4n) is 2.34. The summed E-state index contributed by atoms with van der Waals surface area (Å²) >= 11 is 3.37. The highest BCUT2D eigenvalue weighted by Crippen LogP contribution is 2.19. The van der Waals surface area contributed by atoms with Crippen LogP contribution in [0.2, 0.25) is 0 Å². The lowest BCUT2D eigenvalue weighted by Gasteiger charge is -2.17. The van der Waals surface area contributed by atoms with E-state index in [0.717, 1.165) is 36.1 Å². The van der Waals surface area contributed by atoms with Crippen LogP contribution in [-0.2, 0) is 9.53 Å². The van der Waals surface area contributed by atoms with Gasteiger partial charge in [-0.3, -0.25) is 4.79 Å². The van der Waals surface area contributed by atoms with Gasteiger partial charge in [0, 0.05) is 24.1 Å². The summed E-state index contributed by atoms with van der Waals surface area (Å²) in [5.74, 6) is 0.486. The first-order valence-corrected chi connectivity index (χ1v) is 7.71. The van der Waals surface area contributed by atoms with Crippen molar-refractivity contribution in [1.82, 2.24) is 5.32 Å². The van der Waals surface area contributed by atoms with Crippen molar-refractivity contribution in [1.29, 1.82) is 0 Å². The third-order valence-corrected chi connectivity index (χ3v) is 4.12. The number of nitrogens with one attached hydrogen (secondary N) is 1. The normalized spacial score (nSPS) is 19.8. The van der Waals surface area contributed by atoms with Crippen LogP contribution in [0.3, 0.4) is 0 Å². The molecule has 0 aromatic heterocycles. The maximum Gasteiger partial charge on any atom is 0.220 e. The monoisotopic (exact) mass is 341 g/mol. The van der Waals surface area contributed by atoms with E-state index in [4.69, 9.17) is 4.74 Å². The van der Waals surface area contributed by atoms with Gasteiger partial charge in [-0.25, -0.2) is 0 Å². The zero-order valence-electron chi connectivity index (χ0n) is 11.3. The molecule has 0 bridgehead atoms. The van der Waals surface area contributed by atoms with Crippen molar-refractivity contribution in [2.75, 3.05) is 19.8 Å². The number of carbonyl (C=O) groups is 1. The molecule has 110 valence electrons. The van der Waals surface area contributed by atoms with Gasteiger partial charge in [-0.2, -0.15) is 0 Å². The van der Waals surface area contributed by atoms with Crippen LogP contribution in [0.1, 0.15) is 30.9 Å². The second-order valence-corrected chi connectivity index (χ2v) is 6.04. The number of aliphatic hydroxyl groups excluding tert-OH is 1. The molecule has 0 aliphatic carbocycles. The van der Waals surface area contributed by atoms with E-state index in [-0.39, 0.29) is 18.6 Å². The number of hydrogen-bond acceptors (Lipinski definition) is 3. The predicted octanol–water partition coefficient (Wildman–Crippen LogP) is 2.42. The van der Waals surface area contributed by atoms with E-state index in [1.54, 1.807) is 0 Å². The average molecular weight is 342 g/mol. The third kappa shape index (κ3) is 4.58. The van der Waals surface area contributed by atoms with Gasteiger partial charge in [0.05, 0.1) is 12.6 Å². The van der Waals surface area contributed by atoms with Crippen LogP contribution >= 0.6 is 15.9 Å². The lowest BCUT2D eigenvalue weighted by atomic mass is 10.0. The van der Waals surface area contributed by atoms with E-state index in [9.17, 15) is 9.90 Å². The number of halogens is 1. The molecule has 1 heterocycles. The first-order chi connectivity index (χ1) is 9.69. The second-order valence-electron chi connectivity index (χ2n) is 5.12. The number of aliphatic hydroxyl groups is 1. The van der Waals surface area contributed by atoms with E-state index in [2.05, 4.69) is 21.2 Å². The lowest BCUT2D eigenvalue weighted by molar-refractivity contribution is -0.122. The third-order valence-electron chi connectivity index (χ3n) is 3.59. The smallest absolute Gasteiger partial charge is 0.220 e. The van der Waals surface area contributed by atoms with Crippen LogP contribution in [0.15, 0.2) is 28.7 Å². The first kappa shape index (κ1) is 15.5. The Hall–Kier alpha value is -0.910. The van der Waals surface area contributed by atoms with Crippen molar-refractivity contribution in [2.45, 2.75) is 25.3 Å². The van der Waals surface area contributed by atoms with E-state index in [0.29, 0.717) is 12.3 Å². The van der Waals surface area contributed by atoms with Gasteiger partial charge in [0.1, 0.15) is 0 Å². The van der Waals surface area contributed by atoms with Crippen LogP contribution in [0.4, 0.5) is 0 Å². The van der Waals surface area contributed by atoms with Gasteiger partial charge >= 0.3 is 0 Å². The van der Waals surface area contributed by atoms with Gasteiger partial charge in [0.2, 0.25) is 5.91 Å². The number of ether oxygens (including phenoxy) is 1. The summed E-state index contributed by atoms with van der Waals surface area (Å²) in [6, 6.07) is 7.27. The second kappa shape index (κ2) is 7.76. The Morgan fingerprint density at radius 3 is 2.80 bits per heavy atom. The molecule has 0 radical (unpaired) electrons. The lowest BCUT2D eigenvalue weighted by Crippen LogP contribution is -2.30. The topological polar surface area (TPSA) is 58.6 Å². The Bertz CT molecular complexity index is 429. The van der Waals surface area contributed by atoms with Gasteiger partial charge < -0.3 is 15.2 Å². The summed E-state index contributed by atoms with van der Waals surface area (Å²) < 4.78 is 6.27. The minimum Gasteiger partial charge on any atom is -0.394 e. The molecule has 2 rings (SSSR count). The van der Waals surface area contributed by atoms with E-state index < -0.39 is 0 Å². The van der Waals surface area contributed by atoms with E-state index >= 15 is 0 Å². The maximum absolute atomic E-state index is 11.9. The molecule has 1 aliphatic rings. The molecule has 4 nitrogen and oxygen atoms in total. The van der Waals surface area contributed by atoms with Crippen LogP contribution in [-0.4, -0.2) is 30.8 Å². The van der Waals surface area contributed by atoms with Crippen molar-refractivity contribution in [3.05, 3.63) is 34.3 Å². The van der Waals surface area contributed by atoms with Crippen LogP contribution in [0.25, 0.3) is 0 Å². The number of benzene rings is 1. The summed E-state index contributed by atoms with van der Waals surface area (Å²) in [5, 5.41) is 12.3. The molecule has 0 unspecified atom stereocenters. The Morgan fingerprint density at radius 1 is 1.45 bits per heavy atom. The van der Waals surface area contributed by atoms with Gasteiger partial charge in [-0.15, -0.1) is 0 Å². The molecular formula is C15H20BrNO3. The molecule has 1 amide bonds. The summed E-state index contributed by atoms with van der Waals surface area (Å²) in [5.41, 5.74) is 0.910. The Labute approximate surface area is 127 Å². The average Bonchev–Trinajstić information content (AvgIpc) is 2.97. The fraction of sp³-hybridized carbons (Fsp3) is 0.533. The zero-order chi connectivity index (χ0) is 14.4. The largest absolute Gasteiger partial charge is 0.394 e. The van der Waals surface area contributed by atoms with Crippen molar-refractivity contribution < 1.29 is 14.6 Å². The molecule has 1 aliphatic heterocycles. The summed E-state index contributed by atoms with van der Waals surface area (Å²) in [6.07, 6.45) is 2.38. The molecule has 1 aromatic carbocycles. The maximum atomic E-state index is 11.9. The quantitative estimate of drug-likeness (QED) is 0.835. The number of hydrogen-bond donors (Lipinski definition) is 2. The highest BCUT2D eigenvalue weighted by molar-refractivity contribution is 9.10. The van der Waals surface area contributed by atoms with E-state index in [1.165, 1.54) is 0 Å². The van der Waals surface area contributed by atoms with Crippen molar-refractivity contribution in [3.63, 3.8) is 0 Å². The summed E-state index contributed by atoms with van der Waals surface area (Å²) in [4.78, 5) is 11.9. The van der Waals surface area contributed by atoms with Gasteiger partial charge in [-0.05, 0) is 36.5 Å². The molecule has 1 aromatic rings. The fourth-order valence-corrected chi connectivity index (χ4v) is 2.61. The number of amides is 1. The highest BCUT2D eigenvalue weighted by atomic mass is 79.9. The minimum absolute atomic E-state index is 0.0149. The van der Waals surface area contributed by atoms with Crippen LogP contribution < -0.4 is 5.32 Å². The summed E-state index contributed by atoms with van der Waals surface area (Å²) in [7, 11) is 0. The van der Waals surface area contributed by atoms with Gasteiger partial charge in [-0.1, -0.05) is 28.1 Å². The minimum atomic E-state index is -0.338. The Balaban J connectivity index is 1.82. The van der Waals surface area contributed by atoms with Gasteiger partial charge in [0.25, 0.3) is 0 Å². The van der Waals surface area contributed by atoms with Crippen LogP contribution in [0.5, 0.6) is 0 Å². The molecule has 0 spiro atoms. The molecule has 20 heavy (non-hydrogen) atoms. The van der Waals surface area contributed by atoms with Crippen LogP contribution in [0, 0.1) is 5.92 Å². The highest BCUT2D eigenvalue weighted by Gasteiger charge is 2.18. The Morgan fingerprint density at radius 2 is 2.20 bits per heavy atom. The molecule has 0 saturated carbocycles. The molecular weight excluding hydrogens is 322 g/mol. The molecule has 2 atom stereocenters. The summed E-state index contributed by atoms with van der Waals surface area (Å²) in [6.45, 7) is 1.48. The first-order valence-electron chi connectivity index (χ1n) is 6.92. The number of carbonyl (C=O) groups excluding carboxylic acids is 1.